The van der Waals surface area contributed by atoms with Crippen molar-refractivity contribution in [1.82, 2.24) is 0 Å². The van der Waals surface area contributed by atoms with E-state index in [1.807, 2.05) is 0 Å². The van der Waals surface area contributed by atoms with E-state index in [0.29, 0.717) is 12.0 Å². The van der Waals surface area contributed by atoms with Crippen molar-refractivity contribution in [2.45, 2.75) is 64.6 Å². The van der Waals surface area contributed by atoms with Crippen molar-refractivity contribution in [2.24, 2.45) is 11.3 Å². The Morgan fingerprint density at radius 2 is 2.33 bits per heavy atom. The molecule has 2 nitrogen and oxygen atoms in total. The maximum atomic E-state index is 9.43. The lowest BCUT2D eigenvalue weighted by Gasteiger charge is -2.30. The fraction of sp³-hybridized carbons (Fsp3) is 0.923. The zero-order chi connectivity index (χ0) is 10.9. The van der Waals surface area contributed by atoms with E-state index < -0.39 is 0 Å². The first-order chi connectivity index (χ1) is 7.20. The van der Waals surface area contributed by atoms with Gasteiger partial charge in [-0.05, 0) is 31.6 Å². The van der Waals surface area contributed by atoms with Crippen LogP contribution < -0.4 is 0 Å². The summed E-state index contributed by atoms with van der Waals surface area (Å²) in [6.45, 7) is 4.49. The molecule has 2 rings (SSSR count). The molecule has 4 atom stereocenters. The number of nitriles is 1. The third-order valence-corrected chi connectivity index (χ3v) is 4.03. The Bertz CT molecular complexity index is 270. The van der Waals surface area contributed by atoms with Gasteiger partial charge in [0.05, 0.1) is 23.7 Å². The van der Waals surface area contributed by atoms with Crippen molar-refractivity contribution in [3.63, 3.8) is 0 Å². The van der Waals surface area contributed by atoms with Crippen molar-refractivity contribution in [2.75, 3.05) is 0 Å². The number of rotatable bonds is 4. The van der Waals surface area contributed by atoms with Crippen LogP contribution >= 0.6 is 0 Å². The molecule has 0 saturated carbocycles. The maximum absolute atomic E-state index is 9.43. The second kappa shape index (κ2) is 4.14. The molecule has 2 aliphatic heterocycles. The zero-order valence-corrected chi connectivity index (χ0v) is 9.83. The minimum atomic E-state index is -0.141. The molecule has 2 heteroatoms. The summed E-state index contributed by atoms with van der Waals surface area (Å²) in [6, 6.07) is 2.57. The maximum Gasteiger partial charge on any atom is 0.0862 e. The van der Waals surface area contributed by atoms with Crippen LogP contribution in [0.4, 0.5) is 0 Å². The molecular formula is C13H21NO. The summed E-state index contributed by atoms with van der Waals surface area (Å²) in [5.74, 6) is 0.664. The van der Waals surface area contributed by atoms with E-state index in [4.69, 9.17) is 4.74 Å². The van der Waals surface area contributed by atoms with Gasteiger partial charge in [-0.15, -0.1) is 0 Å². The molecule has 0 spiro atoms. The first kappa shape index (κ1) is 11.0. The lowest BCUT2D eigenvalue weighted by molar-refractivity contribution is 0.0712. The molecule has 0 aromatic rings. The van der Waals surface area contributed by atoms with Gasteiger partial charge in [-0.25, -0.2) is 0 Å². The highest BCUT2D eigenvalue weighted by Gasteiger charge is 2.52. The molecule has 2 aliphatic rings. The predicted octanol–water partition coefficient (Wildman–Crippen LogP) is 3.27. The van der Waals surface area contributed by atoms with Crippen LogP contribution in [-0.2, 0) is 4.74 Å². The summed E-state index contributed by atoms with van der Waals surface area (Å²) >= 11 is 0. The van der Waals surface area contributed by atoms with E-state index in [1.165, 1.54) is 19.3 Å². The molecule has 0 aliphatic carbocycles. The highest BCUT2D eigenvalue weighted by molar-refractivity contribution is 5.12. The van der Waals surface area contributed by atoms with E-state index in [2.05, 4.69) is 19.9 Å². The normalized spacial score (nSPS) is 40.3. The number of hydrogen-bond acceptors (Lipinski definition) is 2. The Kier molecular flexibility index (Phi) is 3.02. The first-order valence-electron chi connectivity index (χ1n) is 6.27. The fourth-order valence-electron chi connectivity index (χ4n) is 3.39. The molecule has 0 amide bonds. The summed E-state index contributed by atoms with van der Waals surface area (Å²) in [5, 5.41) is 9.43. The van der Waals surface area contributed by atoms with Crippen LogP contribution in [-0.4, -0.2) is 12.2 Å². The molecule has 0 N–H and O–H groups in total. The number of fused-ring (bicyclic) bond motifs is 2. The van der Waals surface area contributed by atoms with Crippen LogP contribution in [0.15, 0.2) is 0 Å². The predicted molar refractivity (Wildman–Crippen MR) is 59.2 cm³/mol. The molecule has 0 aromatic heterocycles. The topological polar surface area (TPSA) is 33.0 Å². The average Bonchev–Trinajstić information content (AvgIpc) is 2.78. The number of nitrogens with zero attached hydrogens (tertiary/aromatic N) is 1. The average molecular weight is 207 g/mol. The molecule has 2 fully saturated rings. The van der Waals surface area contributed by atoms with Gasteiger partial charge in [0.1, 0.15) is 0 Å². The first-order valence-corrected chi connectivity index (χ1v) is 6.27. The Balaban J connectivity index is 2.01. The summed E-state index contributed by atoms with van der Waals surface area (Å²) in [4.78, 5) is 0. The van der Waals surface area contributed by atoms with Gasteiger partial charge in [0.2, 0.25) is 0 Å². The van der Waals surface area contributed by atoms with Gasteiger partial charge in [-0.2, -0.15) is 5.26 Å². The van der Waals surface area contributed by atoms with Gasteiger partial charge in [-0.1, -0.05) is 26.7 Å². The highest BCUT2D eigenvalue weighted by Crippen LogP contribution is 2.51. The van der Waals surface area contributed by atoms with Crippen molar-refractivity contribution in [3.05, 3.63) is 0 Å². The third kappa shape index (κ3) is 1.90. The van der Waals surface area contributed by atoms with Crippen LogP contribution in [0, 0.1) is 22.7 Å². The SMILES string of the molecule is CCCC(C)CC1(C#N)CC2CCC1O2. The lowest BCUT2D eigenvalue weighted by Crippen LogP contribution is -2.32. The molecule has 0 radical (unpaired) electrons. The van der Waals surface area contributed by atoms with Gasteiger partial charge in [-0.3, -0.25) is 0 Å². The lowest BCUT2D eigenvalue weighted by atomic mass is 9.69. The van der Waals surface area contributed by atoms with Gasteiger partial charge in [0.15, 0.2) is 0 Å². The Labute approximate surface area is 92.6 Å². The van der Waals surface area contributed by atoms with Crippen LogP contribution in [0.1, 0.15) is 52.4 Å². The van der Waals surface area contributed by atoms with Crippen molar-refractivity contribution < 1.29 is 4.74 Å². The standard InChI is InChI=1S/C13H21NO/c1-3-4-10(2)7-13(9-14)8-11-5-6-12(13)15-11/h10-12H,3-8H2,1-2H3. The van der Waals surface area contributed by atoms with Crippen molar-refractivity contribution in [1.29, 1.82) is 5.26 Å². The van der Waals surface area contributed by atoms with Crippen LogP contribution in [0.25, 0.3) is 0 Å². The van der Waals surface area contributed by atoms with Crippen LogP contribution in [0.3, 0.4) is 0 Å². The van der Waals surface area contributed by atoms with E-state index in [0.717, 1.165) is 19.3 Å². The van der Waals surface area contributed by atoms with E-state index in [9.17, 15) is 5.26 Å². The fourth-order valence-corrected chi connectivity index (χ4v) is 3.39. The molecular weight excluding hydrogens is 186 g/mol. The largest absolute Gasteiger partial charge is 0.373 e. The number of ether oxygens (including phenoxy) is 1. The van der Waals surface area contributed by atoms with Crippen molar-refractivity contribution >= 4 is 0 Å². The molecule has 2 saturated heterocycles. The van der Waals surface area contributed by atoms with Crippen LogP contribution in [0.2, 0.25) is 0 Å². The summed E-state index contributed by atoms with van der Waals surface area (Å²) < 4.78 is 5.84. The minimum Gasteiger partial charge on any atom is -0.373 e. The van der Waals surface area contributed by atoms with E-state index in [-0.39, 0.29) is 11.5 Å². The van der Waals surface area contributed by atoms with Gasteiger partial charge in [0, 0.05) is 0 Å². The van der Waals surface area contributed by atoms with E-state index >= 15 is 0 Å². The van der Waals surface area contributed by atoms with Gasteiger partial charge in [0.25, 0.3) is 0 Å². The Morgan fingerprint density at radius 1 is 1.53 bits per heavy atom. The van der Waals surface area contributed by atoms with Crippen LogP contribution in [0.5, 0.6) is 0 Å². The molecule has 4 unspecified atom stereocenters. The molecule has 0 aromatic carbocycles. The van der Waals surface area contributed by atoms with Gasteiger partial charge >= 0.3 is 0 Å². The molecule has 15 heavy (non-hydrogen) atoms. The molecule has 84 valence electrons. The quantitative estimate of drug-likeness (QED) is 0.708. The Morgan fingerprint density at radius 3 is 2.80 bits per heavy atom. The minimum absolute atomic E-state index is 0.141. The van der Waals surface area contributed by atoms with Gasteiger partial charge < -0.3 is 4.74 Å². The van der Waals surface area contributed by atoms with Crippen molar-refractivity contribution in [3.8, 4) is 6.07 Å². The zero-order valence-electron chi connectivity index (χ0n) is 9.83. The summed E-state index contributed by atoms with van der Waals surface area (Å²) in [7, 11) is 0. The summed E-state index contributed by atoms with van der Waals surface area (Å²) in [5.41, 5.74) is -0.141. The monoisotopic (exact) mass is 207 g/mol. The smallest absolute Gasteiger partial charge is 0.0862 e. The summed E-state index contributed by atoms with van der Waals surface area (Å²) in [6.07, 6.45) is 7.40. The third-order valence-electron chi connectivity index (χ3n) is 4.03. The highest BCUT2D eigenvalue weighted by atomic mass is 16.5. The molecule has 2 bridgehead atoms. The number of hydrogen-bond donors (Lipinski definition) is 0. The molecule has 2 heterocycles. The Hall–Kier alpha value is -0.550. The second-order valence-corrected chi connectivity index (χ2v) is 5.39. The second-order valence-electron chi connectivity index (χ2n) is 5.39. The van der Waals surface area contributed by atoms with E-state index in [1.54, 1.807) is 0 Å².